The zero-order valence-electron chi connectivity index (χ0n) is 16.6. The third kappa shape index (κ3) is 6.62. The van der Waals surface area contributed by atoms with E-state index in [1.165, 1.54) is 31.4 Å². The predicted octanol–water partition coefficient (Wildman–Crippen LogP) is 1.78. The summed E-state index contributed by atoms with van der Waals surface area (Å²) in [6.07, 6.45) is 0. The molecule has 158 valence electrons. The molecular weight excluding hydrogens is 392 g/mol. The molecule has 9 heteroatoms. The van der Waals surface area contributed by atoms with Gasteiger partial charge < -0.3 is 24.8 Å². The van der Waals surface area contributed by atoms with E-state index in [-0.39, 0.29) is 12.2 Å². The largest absolute Gasteiger partial charge is 0.496 e. The zero-order chi connectivity index (χ0) is 21.9. The normalized spacial score (nSPS) is 9.93. The van der Waals surface area contributed by atoms with Gasteiger partial charge in [0.05, 0.1) is 24.8 Å². The summed E-state index contributed by atoms with van der Waals surface area (Å²) < 4.78 is 14.8. The minimum Gasteiger partial charge on any atom is -0.496 e. The third-order valence-corrected chi connectivity index (χ3v) is 3.79. The van der Waals surface area contributed by atoms with Gasteiger partial charge in [0.15, 0.2) is 6.61 Å². The van der Waals surface area contributed by atoms with E-state index in [1.54, 1.807) is 31.2 Å². The number of ether oxygens (including phenoxy) is 3. The van der Waals surface area contributed by atoms with Crippen LogP contribution in [-0.2, 0) is 19.1 Å². The maximum absolute atomic E-state index is 12.1. The van der Waals surface area contributed by atoms with Gasteiger partial charge in [0.2, 0.25) is 0 Å². The molecule has 0 bridgehead atoms. The number of methoxy groups -OCH3 is 1. The van der Waals surface area contributed by atoms with Crippen molar-refractivity contribution in [3.05, 3.63) is 59.7 Å². The number of anilines is 1. The topological polar surface area (TPSA) is 120 Å². The Labute approximate surface area is 173 Å². The van der Waals surface area contributed by atoms with Crippen LogP contribution in [0.25, 0.3) is 0 Å². The van der Waals surface area contributed by atoms with Gasteiger partial charge in [0.1, 0.15) is 12.3 Å². The number of hydrogen-bond donors (Lipinski definition) is 2. The van der Waals surface area contributed by atoms with Gasteiger partial charge in [-0.2, -0.15) is 0 Å². The number of carbonyl (C=O) groups excluding carboxylic acids is 4. The van der Waals surface area contributed by atoms with Crippen LogP contribution in [0.15, 0.2) is 48.5 Å². The molecule has 0 fully saturated rings. The Hall–Kier alpha value is -3.88. The molecule has 2 N–H and O–H groups in total. The molecule has 0 unspecified atom stereocenters. The number of esters is 2. The molecular formula is C21H22N2O7. The molecule has 9 nitrogen and oxygen atoms in total. The van der Waals surface area contributed by atoms with E-state index in [1.807, 2.05) is 0 Å². The summed E-state index contributed by atoms with van der Waals surface area (Å²) in [5, 5.41) is 4.93. The lowest BCUT2D eigenvalue weighted by Crippen LogP contribution is -2.32. The summed E-state index contributed by atoms with van der Waals surface area (Å²) >= 11 is 0. The average Bonchev–Trinajstić information content (AvgIpc) is 2.76. The van der Waals surface area contributed by atoms with Crippen LogP contribution in [0.3, 0.4) is 0 Å². The van der Waals surface area contributed by atoms with E-state index < -0.39 is 36.9 Å². The molecule has 30 heavy (non-hydrogen) atoms. The maximum Gasteiger partial charge on any atom is 0.338 e. The van der Waals surface area contributed by atoms with Crippen LogP contribution < -0.4 is 15.4 Å². The first-order valence-electron chi connectivity index (χ1n) is 9.08. The number of para-hydroxylation sites is 1. The molecule has 2 aromatic carbocycles. The Kier molecular flexibility index (Phi) is 8.37. The summed E-state index contributed by atoms with van der Waals surface area (Å²) in [6.45, 7) is 1.04. The van der Waals surface area contributed by atoms with Gasteiger partial charge in [-0.15, -0.1) is 0 Å². The van der Waals surface area contributed by atoms with Crippen LogP contribution in [0, 0.1) is 0 Å². The van der Waals surface area contributed by atoms with Gasteiger partial charge in [0.25, 0.3) is 11.8 Å². The van der Waals surface area contributed by atoms with E-state index in [2.05, 4.69) is 10.6 Å². The second kappa shape index (κ2) is 11.2. The number of rotatable bonds is 9. The molecule has 0 spiro atoms. The van der Waals surface area contributed by atoms with E-state index >= 15 is 0 Å². The first-order chi connectivity index (χ1) is 14.4. The molecule has 0 aromatic heterocycles. The summed E-state index contributed by atoms with van der Waals surface area (Å²) in [4.78, 5) is 47.4. The lowest BCUT2D eigenvalue weighted by Gasteiger charge is -2.09. The molecule has 2 amide bonds. The molecule has 2 aromatic rings. The fourth-order valence-electron chi connectivity index (χ4n) is 2.38. The fourth-order valence-corrected chi connectivity index (χ4v) is 2.38. The van der Waals surface area contributed by atoms with Gasteiger partial charge in [0, 0.05) is 5.69 Å². The van der Waals surface area contributed by atoms with Gasteiger partial charge >= 0.3 is 11.9 Å². The lowest BCUT2D eigenvalue weighted by molar-refractivity contribution is -0.146. The highest BCUT2D eigenvalue weighted by molar-refractivity contribution is 5.98. The second-order valence-electron chi connectivity index (χ2n) is 5.89. The Morgan fingerprint density at radius 2 is 1.63 bits per heavy atom. The van der Waals surface area contributed by atoms with Gasteiger partial charge in [-0.1, -0.05) is 12.1 Å². The average molecular weight is 414 g/mol. The summed E-state index contributed by atoms with van der Waals surface area (Å²) in [5.74, 6) is -1.93. The molecule has 2 rings (SSSR count). The highest BCUT2D eigenvalue weighted by Gasteiger charge is 2.14. The van der Waals surface area contributed by atoms with Crippen molar-refractivity contribution in [2.45, 2.75) is 6.92 Å². The van der Waals surface area contributed by atoms with Crippen molar-refractivity contribution in [3.63, 3.8) is 0 Å². The van der Waals surface area contributed by atoms with Crippen molar-refractivity contribution in [2.75, 3.05) is 32.2 Å². The standard InChI is InChI=1S/C21H22N2O7/c1-3-29-21(27)14-8-10-15(11-9-14)23-18(24)13-30-19(25)12-22-20(26)16-6-4-5-7-17(16)28-2/h4-11H,3,12-13H2,1-2H3,(H,22,26)(H,23,24). The van der Waals surface area contributed by atoms with E-state index in [4.69, 9.17) is 14.2 Å². The summed E-state index contributed by atoms with van der Waals surface area (Å²) in [5.41, 5.74) is 1.05. The Morgan fingerprint density at radius 3 is 2.30 bits per heavy atom. The van der Waals surface area contributed by atoms with Gasteiger partial charge in [-0.3, -0.25) is 14.4 Å². The molecule has 0 saturated heterocycles. The predicted molar refractivity (Wildman–Crippen MR) is 107 cm³/mol. The molecule has 0 radical (unpaired) electrons. The second-order valence-corrected chi connectivity index (χ2v) is 5.89. The maximum atomic E-state index is 12.1. The van der Waals surface area contributed by atoms with Crippen molar-refractivity contribution in [1.29, 1.82) is 0 Å². The van der Waals surface area contributed by atoms with Gasteiger partial charge in [-0.05, 0) is 43.3 Å². The quantitative estimate of drug-likeness (QED) is 0.600. The van der Waals surface area contributed by atoms with E-state index in [0.717, 1.165) is 0 Å². The number of nitrogens with one attached hydrogen (secondary N) is 2. The first-order valence-corrected chi connectivity index (χ1v) is 9.08. The van der Waals surface area contributed by atoms with Crippen LogP contribution in [0.1, 0.15) is 27.6 Å². The summed E-state index contributed by atoms with van der Waals surface area (Å²) in [6, 6.07) is 12.6. The van der Waals surface area contributed by atoms with Crippen molar-refractivity contribution >= 4 is 29.4 Å². The Balaban J connectivity index is 1.76. The highest BCUT2D eigenvalue weighted by atomic mass is 16.5. The molecule has 0 aliphatic heterocycles. The van der Waals surface area contributed by atoms with Crippen LogP contribution in [-0.4, -0.2) is 50.6 Å². The number of hydrogen-bond acceptors (Lipinski definition) is 7. The van der Waals surface area contributed by atoms with Crippen molar-refractivity contribution in [1.82, 2.24) is 5.32 Å². The minimum absolute atomic E-state index is 0.266. The molecule has 0 saturated carbocycles. The van der Waals surface area contributed by atoms with Crippen LogP contribution in [0.5, 0.6) is 5.75 Å². The highest BCUT2D eigenvalue weighted by Crippen LogP contribution is 2.16. The number of carbonyl (C=O) groups is 4. The zero-order valence-corrected chi connectivity index (χ0v) is 16.6. The molecule has 0 aliphatic carbocycles. The smallest absolute Gasteiger partial charge is 0.338 e. The SMILES string of the molecule is CCOC(=O)c1ccc(NC(=O)COC(=O)CNC(=O)c2ccccc2OC)cc1. The van der Waals surface area contributed by atoms with Crippen molar-refractivity contribution in [2.24, 2.45) is 0 Å². The van der Waals surface area contributed by atoms with E-state index in [0.29, 0.717) is 17.0 Å². The van der Waals surface area contributed by atoms with Crippen molar-refractivity contribution in [3.8, 4) is 5.75 Å². The number of benzene rings is 2. The van der Waals surface area contributed by atoms with Crippen LogP contribution >= 0.6 is 0 Å². The number of amides is 2. The first kappa shape index (κ1) is 22.4. The Bertz CT molecular complexity index is 910. The lowest BCUT2D eigenvalue weighted by atomic mass is 10.2. The minimum atomic E-state index is -0.772. The van der Waals surface area contributed by atoms with Crippen molar-refractivity contribution < 1.29 is 33.4 Å². The molecule has 0 atom stereocenters. The van der Waals surface area contributed by atoms with Crippen LogP contribution in [0.4, 0.5) is 5.69 Å². The monoisotopic (exact) mass is 414 g/mol. The Morgan fingerprint density at radius 1 is 0.933 bits per heavy atom. The molecule has 0 heterocycles. The van der Waals surface area contributed by atoms with Gasteiger partial charge in [-0.25, -0.2) is 4.79 Å². The summed E-state index contributed by atoms with van der Waals surface area (Å²) in [7, 11) is 1.43. The third-order valence-electron chi connectivity index (χ3n) is 3.79. The fraction of sp³-hybridized carbons (Fsp3) is 0.238. The van der Waals surface area contributed by atoms with Crippen LogP contribution in [0.2, 0.25) is 0 Å². The van der Waals surface area contributed by atoms with E-state index in [9.17, 15) is 19.2 Å². The molecule has 0 aliphatic rings.